The molecule has 2 aliphatic heterocycles. The molecule has 2 N–H and O–H groups in total. The summed E-state index contributed by atoms with van der Waals surface area (Å²) in [4.78, 5) is 39.9. The van der Waals surface area contributed by atoms with E-state index in [1.807, 2.05) is 6.26 Å². The number of hydrogen-bond acceptors (Lipinski definition) is 6. The van der Waals surface area contributed by atoms with Crippen molar-refractivity contribution in [3.05, 3.63) is 29.8 Å². The van der Waals surface area contributed by atoms with E-state index in [0.717, 1.165) is 17.9 Å². The first kappa shape index (κ1) is 24.2. The predicted molar refractivity (Wildman–Crippen MR) is 110 cm³/mol. The maximum absolute atomic E-state index is 12.8. The minimum atomic E-state index is -4.81. The van der Waals surface area contributed by atoms with Crippen LogP contribution in [0.2, 0.25) is 0 Å². The fourth-order valence-corrected chi connectivity index (χ4v) is 4.61. The monoisotopic (exact) mass is 475 g/mol. The highest BCUT2D eigenvalue weighted by Gasteiger charge is 2.52. The third kappa shape index (κ3) is 5.47. The molecule has 32 heavy (non-hydrogen) atoms. The number of halogens is 3. The van der Waals surface area contributed by atoms with Gasteiger partial charge in [0.05, 0.1) is 11.7 Å². The number of carbonyl (C=O) groups is 3. The van der Waals surface area contributed by atoms with Crippen LogP contribution in [-0.4, -0.2) is 82.4 Å². The van der Waals surface area contributed by atoms with Crippen LogP contribution in [0.25, 0.3) is 0 Å². The third-order valence-corrected chi connectivity index (χ3v) is 6.28. The molecule has 12 heteroatoms. The molecule has 176 valence electrons. The lowest BCUT2D eigenvalue weighted by molar-refractivity contribution is -0.274. The van der Waals surface area contributed by atoms with E-state index in [1.54, 1.807) is 16.7 Å². The number of rotatable bonds is 7. The van der Waals surface area contributed by atoms with Crippen molar-refractivity contribution < 1.29 is 37.4 Å². The Labute approximate surface area is 187 Å². The second-order valence-corrected chi connectivity index (χ2v) is 8.68. The summed E-state index contributed by atoms with van der Waals surface area (Å²) < 4.78 is 40.7. The number of nitrogens with zero attached hydrogens (tertiary/aromatic N) is 2. The summed E-state index contributed by atoms with van der Waals surface area (Å²) in [6, 6.07) is 4.22. The normalized spacial score (nSPS) is 20.6. The Bertz CT molecular complexity index is 857. The summed E-state index contributed by atoms with van der Waals surface area (Å²) in [6.07, 6.45) is -1.61. The highest BCUT2D eigenvalue weighted by molar-refractivity contribution is 7.98. The van der Waals surface area contributed by atoms with Gasteiger partial charge in [-0.15, -0.1) is 13.2 Å². The number of likely N-dealkylation sites (tertiary alicyclic amines) is 1. The number of hydrogen-bond donors (Lipinski definition) is 2. The van der Waals surface area contributed by atoms with Crippen molar-refractivity contribution in [2.45, 2.75) is 37.3 Å². The second kappa shape index (κ2) is 9.57. The second-order valence-electron chi connectivity index (χ2n) is 7.69. The van der Waals surface area contributed by atoms with Crippen molar-refractivity contribution in [3.63, 3.8) is 0 Å². The number of aliphatic carboxylic acids is 1. The highest BCUT2D eigenvalue weighted by Crippen LogP contribution is 2.34. The van der Waals surface area contributed by atoms with Crippen molar-refractivity contribution in [2.24, 2.45) is 0 Å². The molecule has 2 aliphatic rings. The minimum absolute atomic E-state index is 0.214. The molecule has 2 saturated heterocycles. The predicted octanol–water partition coefficient (Wildman–Crippen LogP) is 2.16. The lowest BCUT2D eigenvalue weighted by Gasteiger charge is -2.44. The number of carboxylic acids is 1. The Morgan fingerprint density at radius 1 is 1.25 bits per heavy atom. The number of benzene rings is 1. The molecule has 0 radical (unpaired) electrons. The number of piperidine rings is 1. The number of amides is 2. The lowest BCUT2D eigenvalue weighted by atomic mass is 9.95. The topological polar surface area (TPSA) is 99.2 Å². The average Bonchev–Trinajstić information content (AvgIpc) is 2.97. The Morgan fingerprint density at radius 3 is 2.41 bits per heavy atom. The van der Waals surface area contributed by atoms with E-state index in [-0.39, 0.29) is 30.5 Å². The number of carbonyl (C=O) groups excluding carboxylic acids is 2. The molecule has 2 amide bonds. The van der Waals surface area contributed by atoms with E-state index in [0.29, 0.717) is 19.3 Å². The molecular weight excluding hydrogens is 451 g/mol. The van der Waals surface area contributed by atoms with E-state index in [1.165, 1.54) is 17.0 Å². The first-order chi connectivity index (χ1) is 15.0. The number of nitrogens with one attached hydrogen (secondary N) is 1. The van der Waals surface area contributed by atoms with Gasteiger partial charge in [0, 0.05) is 31.5 Å². The number of ether oxygens (including phenoxy) is 1. The van der Waals surface area contributed by atoms with Gasteiger partial charge in [-0.2, -0.15) is 11.8 Å². The SMILES string of the molecule is CSCCC1NC2(CCN(C(=O)c3ccc(OC(F)(F)F)cc3)CC2)N(CC(=O)O)C1=O. The first-order valence-electron chi connectivity index (χ1n) is 10.00. The van der Waals surface area contributed by atoms with Gasteiger partial charge in [-0.25, -0.2) is 0 Å². The van der Waals surface area contributed by atoms with Gasteiger partial charge >= 0.3 is 12.3 Å². The molecule has 0 aromatic heterocycles. The molecule has 1 spiro atoms. The molecule has 0 saturated carbocycles. The van der Waals surface area contributed by atoms with Crippen LogP contribution in [0, 0.1) is 0 Å². The van der Waals surface area contributed by atoms with Crippen molar-refractivity contribution in [3.8, 4) is 5.75 Å². The fraction of sp³-hybridized carbons (Fsp3) is 0.550. The van der Waals surface area contributed by atoms with Crippen LogP contribution < -0.4 is 10.1 Å². The van der Waals surface area contributed by atoms with Gasteiger partial charge in [-0.3, -0.25) is 19.7 Å². The highest BCUT2D eigenvalue weighted by atomic mass is 32.2. The van der Waals surface area contributed by atoms with Crippen molar-refractivity contribution in [1.82, 2.24) is 15.1 Å². The fourth-order valence-electron chi connectivity index (χ4n) is 4.13. The molecule has 1 aromatic carbocycles. The smallest absolute Gasteiger partial charge is 0.480 e. The van der Waals surface area contributed by atoms with Crippen LogP contribution in [0.1, 0.15) is 29.6 Å². The summed E-state index contributed by atoms with van der Waals surface area (Å²) in [5, 5.41) is 12.6. The van der Waals surface area contributed by atoms with E-state index < -0.39 is 36.3 Å². The standard InChI is InChI=1S/C20H24F3N3O5S/c1-32-11-6-15-18(30)26(12-16(27)28)19(24-15)7-9-25(10-8-19)17(29)13-2-4-14(5-3-13)31-20(21,22)23/h2-5,15,24H,6-12H2,1H3,(H,27,28). The number of thioether (sulfide) groups is 1. The van der Waals surface area contributed by atoms with Gasteiger partial charge < -0.3 is 19.6 Å². The molecule has 1 unspecified atom stereocenters. The van der Waals surface area contributed by atoms with Gasteiger partial charge in [0.15, 0.2) is 0 Å². The summed E-state index contributed by atoms with van der Waals surface area (Å²) >= 11 is 1.60. The minimum Gasteiger partial charge on any atom is -0.480 e. The average molecular weight is 475 g/mol. The van der Waals surface area contributed by atoms with E-state index >= 15 is 0 Å². The molecule has 8 nitrogen and oxygen atoms in total. The van der Waals surface area contributed by atoms with E-state index in [4.69, 9.17) is 0 Å². The van der Waals surface area contributed by atoms with Gasteiger partial charge in [0.25, 0.3) is 5.91 Å². The van der Waals surface area contributed by atoms with Crippen LogP contribution in [0.4, 0.5) is 13.2 Å². The molecule has 2 heterocycles. The Morgan fingerprint density at radius 2 is 1.88 bits per heavy atom. The molecule has 0 aliphatic carbocycles. The van der Waals surface area contributed by atoms with E-state index in [2.05, 4.69) is 10.1 Å². The largest absolute Gasteiger partial charge is 0.573 e. The summed E-state index contributed by atoms with van der Waals surface area (Å²) in [5.74, 6) is -1.38. The Hall–Kier alpha value is -2.47. The molecule has 0 bridgehead atoms. The zero-order valence-electron chi connectivity index (χ0n) is 17.4. The molecule has 1 atom stereocenters. The van der Waals surface area contributed by atoms with Gasteiger partial charge in [0.1, 0.15) is 12.3 Å². The van der Waals surface area contributed by atoms with Crippen molar-refractivity contribution in [1.29, 1.82) is 0 Å². The molecule has 1 aromatic rings. The maximum atomic E-state index is 12.8. The van der Waals surface area contributed by atoms with Crippen LogP contribution in [-0.2, 0) is 9.59 Å². The Balaban J connectivity index is 1.67. The Kier molecular flexibility index (Phi) is 7.23. The number of carboxylic acid groups (broad SMARTS) is 1. The molecule has 3 rings (SSSR count). The van der Waals surface area contributed by atoms with Crippen molar-refractivity contribution >= 4 is 29.5 Å². The lowest BCUT2D eigenvalue weighted by Crippen LogP contribution is -2.60. The van der Waals surface area contributed by atoms with Gasteiger partial charge in [0.2, 0.25) is 5.91 Å². The van der Waals surface area contributed by atoms with E-state index in [9.17, 15) is 32.7 Å². The third-order valence-electron chi connectivity index (χ3n) is 5.64. The van der Waals surface area contributed by atoms with Gasteiger partial charge in [-0.05, 0) is 42.7 Å². The number of alkyl halides is 3. The van der Waals surface area contributed by atoms with Gasteiger partial charge in [-0.1, -0.05) is 0 Å². The van der Waals surface area contributed by atoms with Crippen LogP contribution in [0.15, 0.2) is 24.3 Å². The zero-order valence-corrected chi connectivity index (χ0v) is 18.2. The van der Waals surface area contributed by atoms with Crippen molar-refractivity contribution in [2.75, 3.05) is 31.6 Å². The summed E-state index contributed by atoms with van der Waals surface area (Å²) in [5.41, 5.74) is -0.620. The zero-order chi connectivity index (χ0) is 23.5. The summed E-state index contributed by atoms with van der Waals surface area (Å²) in [7, 11) is 0. The maximum Gasteiger partial charge on any atom is 0.573 e. The first-order valence-corrected chi connectivity index (χ1v) is 11.4. The van der Waals surface area contributed by atoms with Crippen LogP contribution in [0.5, 0.6) is 5.75 Å². The molecular formula is C20H24F3N3O5S. The molecule has 2 fully saturated rings. The summed E-state index contributed by atoms with van der Waals surface area (Å²) in [6.45, 7) is 0.118. The quantitative estimate of drug-likeness (QED) is 0.624. The van der Waals surface area contributed by atoms with Crippen LogP contribution in [0.3, 0.4) is 0 Å². The van der Waals surface area contributed by atoms with Crippen LogP contribution >= 0.6 is 11.8 Å².